The van der Waals surface area contributed by atoms with Gasteiger partial charge in [0.15, 0.2) is 8.32 Å². The molecule has 0 aromatic heterocycles. The molecule has 0 aliphatic heterocycles. The molecule has 0 saturated heterocycles. The molecule has 0 fully saturated rings. The number of rotatable bonds is 6. The van der Waals surface area contributed by atoms with Crippen LogP contribution in [-0.2, 0) is 4.43 Å². The van der Waals surface area contributed by atoms with E-state index in [9.17, 15) is 0 Å². The van der Waals surface area contributed by atoms with Crippen molar-refractivity contribution in [2.24, 2.45) is 4.99 Å². The Hall–Kier alpha value is -0.933. The highest BCUT2D eigenvalue weighted by Gasteiger charge is 2.12. The quantitative estimate of drug-likeness (QED) is 0.421. The van der Waals surface area contributed by atoms with E-state index >= 15 is 0 Å². The molecule has 0 amide bonds. The Balaban J connectivity index is 2.14. The zero-order chi connectivity index (χ0) is 11.9. The second kappa shape index (κ2) is 6.61. The van der Waals surface area contributed by atoms with Gasteiger partial charge in [0.05, 0.1) is 0 Å². The van der Waals surface area contributed by atoms with Crippen LogP contribution in [0, 0.1) is 0 Å². The third kappa shape index (κ3) is 6.53. The van der Waals surface area contributed by atoms with Gasteiger partial charge in [0.1, 0.15) is 0 Å². The molecule has 88 valence electrons. The summed E-state index contributed by atoms with van der Waals surface area (Å²) in [5.74, 6) is 0. The van der Waals surface area contributed by atoms with Crippen LogP contribution in [0.2, 0.25) is 19.6 Å². The van der Waals surface area contributed by atoms with Gasteiger partial charge in [0.2, 0.25) is 0 Å². The normalized spacial score (nSPS) is 12.2. The number of aliphatic imine (C=N–C) groups is 1. The van der Waals surface area contributed by atoms with Crippen molar-refractivity contribution in [1.29, 1.82) is 0 Å². The van der Waals surface area contributed by atoms with Crippen molar-refractivity contribution in [3.8, 4) is 0 Å². The van der Waals surface area contributed by atoms with Crippen LogP contribution < -0.4 is 0 Å². The highest BCUT2D eigenvalue weighted by atomic mass is 28.4. The predicted molar refractivity (Wildman–Crippen MR) is 72.8 cm³/mol. The van der Waals surface area contributed by atoms with Gasteiger partial charge in [0.25, 0.3) is 0 Å². The molecule has 0 radical (unpaired) electrons. The molecule has 1 aromatic carbocycles. The molecule has 0 saturated carbocycles. The molecule has 1 aromatic rings. The first-order valence-electron chi connectivity index (χ1n) is 5.77. The molecule has 2 nitrogen and oxygen atoms in total. The van der Waals surface area contributed by atoms with E-state index in [1.165, 1.54) is 0 Å². The summed E-state index contributed by atoms with van der Waals surface area (Å²) in [6, 6.07) is 10.2. The highest BCUT2D eigenvalue weighted by molar-refractivity contribution is 6.69. The Labute approximate surface area is 99.5 Å². The van der Waals surface area contributed by atoms with Crippen molar-refractivity contribution in [2.45, 2.75) is 26.1 Å². The zero-order valence-electron chi connectivity index (χ0n) is 10.4. The maximum Gasteiger partial charge on any atom is 0.183 e. The van der Waals surface area contributed by atoms with Crippen LogP contribution in [0.4, 0.5) is 0 Å². The van der Waals surface area contributed by atoms with Gasteiger partial charge in [0, 0.05) is 19.4 Å². The van der Waals surface area contributed by atoms with E-state index in [0.717, 1.165) is 25.1 Å². The average Bonchev–Trinajstić information content (AvgIpc) is 2.23. The minimum Gasteiger partial charge on any atom is -0.418 e. The van der Waals surface area contributed by atoms with Crippen molar-refractivity contribution in [3.63, 3.8) is 0 Å². The van der Waals surface area contributed by atoms with Gasteiger partial charge in [-0.1, -0.05) is 30.3 Å². The minimum absolute atomic E-state index is 0.835. The van der Waals surface area contributed by atoms with Crippen LogP contribution in [0.3, 0.4) is 0 Å². The van der Waals surface area contributed by atoms with Gasteiger partial charge in [-0.2, -0.15) is 0 Å². The molecule has 0 aliphatic rings. The Morgan fingerprint density at radius 1 is 1.19 bits per heavy atom. The Morgan fingerprint density at radius 2 is 1.88 bits per heavy atom. The maximum absolute atomic E-state index is 5.75. The van der Waals surface area contributed by atoms with E-state index in [1.807, 2.05) is 24.4 Å². The summed E-state index contributed by atoms with van der Waals surface area (Å²) in [6.45, 7) is 8.31. The lowest BCUT2D eigenvalue weighted by molar-refractivity contribution is 0.307. The summed E-state index contributed by atoms with van der Waals surface area (Å²) in [5, 5.41) is 0. The van der Waals surface area contributed by atoms with Crippen molar-refractivity contribution in [1.82, 2.24) is 0 Å². The zero-order valence-corrected chi connectivity index (χ0v) is 11.4. The fourth-order valence-electron chi connectivity index (χ4n) is 1.24. The molecule has 0 bridgehead atoms. The highest BCUT2D eigenvalue weighted by Crippen LogP contribution is 2.02. The number of hydrogen-bond acceptors (Lipinski definition) is 2. The van der Waals surface area contributed by atoms with E-state index in [-0.39, 0.29) is 0 Å². The van der Waals surface area contributed by atoms with Crippen LogP contribution in [-0.4, -0.2) is 27.7 Å². The Morgan fingerprint density at radius 3 is 2.50 bits per heavy atom. The molecular weight excluding hydrogens is 214 g/mol. The molecule has 0 spiro atoms. The molecule has 0 atom stereocenters. The standard InChI is InChI=1S/C13H21NOSi/c1-16(2,3)15-11-7-10-14-12-13-8-5-4-6-9-13/h4-6,8-9,12H,7,10-11H2,1-3H3. The maximum atomic E-state index is 5.75. The summed E-state index contributed by atoms with van der Waals surface area (Å²) in [7, 11) is -1.33. The summed E-state index contributed by atoms with van der Waals surface area (Å²) >= 11 is 0. The second-order valence-electron chi connectivity index (χ2n) is 4.76. The molecule has 0 unspecified atom stereocenters. The first-order valence-corrected chi connectivity index (χ1v) is 9.17. The predicted octanol–water partition coefficient (Wildman–Crippen LogP) is 3.35. The van der Waals surface area contributed by atoms with Gasteiger partial charge >= 0.3 is 0 Å². The molecule has 16 heavy (non-hydrogen) atoms. The smallest absolute Gasteiger partial charge is 0.183 e. The van der Waals surface area contributed by atoms with E-state index in [0.29, 0.717) is 0 Å². The Kier molecular flexibility index (Phi) is 5.42. The summed E-state index contributed by atoms with van der Waals surface area (Å²) in [5.41, 5.74) is 1.16. The van der Waals surface area contributed by atoms with E-state index in [1.54, 1.807) is 0 Å². The molecular formula is C13H21NOSi. The van der Waals surface area contributed by atoms with Gasteiger partial charge < -0.3 is 4.43 Å². The minimum atomic E-state index is -1.33. The van der Waals surface area contributed by atoms with E-state index in [2.05, 4.69) is 36.8 Å². The lowest BCUT2D eigenvalue weighted by Crippen LogP contribution is -2.25. The van der Waals surface area contributed by atoms with Gasteiger partial charge in [-0.05, 0) is 31.6 Å². The third-order valence-corrected chi connectivity index (χ3v) is 3.08. The van der Waals surface area contributed by atoms with Crippen LogP contribution in [0.25, 0.3) is 0 Å². The number of hydrogen-bond donors (Lipinski definition) is 0. The monoisotopic (exact) mass is 235 g/mol. The van der Waals surface area contributed by atoms with Crippen molar-refractivity contribution in [2.75, 3.05) is 13.2 Å². The molecule has 1 rings (SSSR count). The van der Waals surface area contributed by atoms with Crippen LogP contribution in [0.1, 0.15) is 12.0 Å². The first kappa shape index (κ1) is 13.1. The average molecular weight is 235 g/mol. The SMILES string of the molecule is C[Si](C)(C)OCCCN=Cc1ccccc1. The molecule has 0 aliphatic carbocycles. The van der Waals surface area contributed by atoms with Crippen molar-refractivity contribution >= 4 is 14.5 Å². The lowest BCUT2D eigenvalue weighted by atomic mass is 10.2. The topological polar surface area (TPSA) is 21.6 Å². The van der Waals surface area contributed by atoms with Crippen molar-refractivity contribution in [3.05, 3.63) is 35.9 Å². The molecule has 3 heteroatoms. The summed E-state index contributed by atoms with van der Waals surface area (Å²) < 4.78 is 5.75. The number of benzene rings is 1. The first-order chi connectivity index (χ1) is 7.58. The van der Waals surface area contributed by atoms with Gasteiger partial charge in [-0.15, -0.1) is 0 Å². The third-order valence-electron chi connectivity index (χ3n) is 2.01. The number of nitrogens with zero attached hydrogens (tertiary/aromatic N) is 1. The summed E-state index contributed by atoms with van der Waals surface area (Å²) in [6.07, 6.45) is 2.93. The van der Waals surface area contributed by atoms with Gasteiger partial charge in [-0.3, -0.25) is 4.99 Å². The van der Waals surface area contributed by atoms with Crippen LogP contribution >= 0.6 is 0 Å². The largest absolute Gasteiger partial charge is 0.418 e. The van der Waals surface area contributed by atoms with E-state index in [4.69, 9.17) is 4.43 Å². The fraction of sp³-hybridized carbons (Fsp3) is 0.462. The molecule has 0 heterocycles. The van der Waals surface area contributed by atoms with Crippen molar-refractivity contribution < 1.29 is 4.43 Å². The van der Waals surface area contributed by atoms with Crippen LogP contribution in [0.15, 0.2) is 35.3 Å². The van der Waals surface area contributed by atoms with Gasteiger partial charge in [-0.25, -0.2) is 0 Å². The Bertz CT molecular complexity index is 316. The van der Waals surface area contributed by atoms with Crippen LogP contribution in [0.5, 0.6) is 0 Å². The summed E-state index contributed by atoms with van der Waals surface area (Å²) in [4.78, 5) is 4.37. The van der Waals surface area contributed by atoms with E-state index < -0.39 is 8.32 Å². The lowest BCUT2D eigenvalue weighted by Gasteiger charge is -2.16. The fourth-order valence-corrected chi connectivity index (χ4v) is 2.00. The molecule has 0 N–H and O–H groups in total. The second-order valence-corrected chi connectivity index (χ2v) is 9.27.